The third kappa shape index (κ3) is 2.05. The molecule has 0 aliphatic rings. The van der Waals surface area contributed by atoms with E-state index in [9.17, 15) is 0 Å². The number of nitrogen functional groups attached to an aromatic ring is 1. The van der Waals surface area contributed by atoms with Crippen LogP contribution < -0.4 is 15.2 Å². The second kappa shape index (κ2) is 4.09. The van der Waals surface area contributed by atoms with E-state index in [1.165, 1.54) is 7.11 Å². The fourth-order valence-corrected chi connectivity index (χ4v) is 1.21. The molecule has 0 bridgehead atoms. The Labute approximate surface area is 92.4 Å². The first kappa shape index (κ1) is 10.3. The number of nitrogens with two attached hydrogens (primary N) is 1. The molecule has 0 fully saturated rings. The van der Waals surface area contributed by atoms with Crippen LogP contribution in [0, 0.1) is 6.92 Å². The summed E-state index contributed by atoms with van der Waals surface area (Å²) in [4.78, 5) is 4.07. The molecule has 84 valence electrons. The third-order valence-corrected chi connectivity index (χ3v) is 1.95. The second-order valence-electron chi connectivity index (χ2n) is 3.24. The van der Waals surface area contributed by atoms with Gasteiger partial charge in [0.1, 0.15) is 0 Å². The minimum atomic E-state index is 0.338. The van der Waals surface area contributed by atoms with Gasteiger partial charge in [0.2, 0.25) is 17.6 Å². The zero-order valence-corrected chi connectivity index (χ0v) is 9.02. The molecular formula is C10H12N4O2. The number of methoxy groups -OCH3 is 1. The molecule has 0 amide bonds. The molecule has 2 aromatic heterocycles. The fourth-order valence-electron chi connectivity index (χ4n) is 1.21. The molecule has 0 aliphatic heterocycles. The summed E-state index contributed by atoms with van der Waals surface area (Å²) in [7, 11) is 1.50. The lowest BCUT2D eigenvalue weighted by Crippen LogP contribution is -1.97. The highest BCUT2D eigenvalue weighted by Gasteiger charge is 2.06. The Hall–Kier alpha value is -2.24. The van der Waals surface area contributed by atoms with Gasteiger partial charge in [0.05, 0.1) is 12.8 Å². The number of hydrogen-bond donors (Lipinski definition) is 2. The number of nitrogens with one attached hydrogen (secondary N) is 1. The number of anilines is 1. The molecule has 0 spiro atoms. The maximum absolute atomic E-state index is 5.63. The van der Waals surface area contributed by atoms with Crippen molar-refractivity contribution in [2.24, 2.45) is 0 Å². The summed E-state index contributed by atoms with van der Waals surface area (Å²) in [5.41, 5.74) is 7.01. The van der Waals surface area contributed by atoms with Crippen molar-refractivity contribution in [1.82, 2.24) is 15.2 Å². The Morgan fingerprint density at radius 1 is 1.31 bits per heavy atom. The van der Waals surface area contributed by atoms with Crippen molar-refractivity contribution in [2.45, 2.75) is 6.92 Å². The van der Waals surface area contributed by atoms with Gasteiger partial charge in [0, 0.05) is 17.8 Å². The summed E-state index contributed by atoms with van der Waals surface area (Å²) in [6, 6.07) is 5.09. The summed E-state index contributed by atoms with van der Waals surface area (Å²) >= 11 is 0. The number of nitrogens with zero attached hydrogens (tertiary/aromatic N) is 2. The van der Waals surface area contributed by atoms with Crippen LogP contribution >= 0.6 is 0 Å². The number of hydrogen-bond acceptors (Lipinski definition) is 5. The van der Waals surface area contributed by atoms with Crippen LogP contribution in [0.25, 0.3) is 0 Å². The molecule has 6 heteroatoms. The Morgan fingerprint density at radius 3 is 2.75 bits per heavy atom. The lowest BCUT2D eigenvalue weighted by Gasteiger charge is -2.05. The molecule has 0 radical (unpaired) electrons. The molecule has 0 saturated heterocycles. The van der Waals surface area contributed by atoms with Crippen LogP contribution in [0.15, 0.2) is 18.2 Å². The topological polar surface area (TPSA) is 86.0 Å². The summed E-state index contributed by atoms with van der Waals surface area (Å²) in [5, 5.41) is 6.70. The minimum absolute atomic E-state index is 0.338. The van der Waals surface area contributed by atoms with Crippen molar-refractivity contribution in [3.63, 3.8) is 0 Å². The maximum atomic E-state index is 5.63. The van der Waals surface area contributed by atoms with Crippen LogP contribution in [0.4, 0.5) is 5.69 Å². The van der Waals surface area contributed by atoms with Crippen molar-refractivity contribution in [3.05, 3.63) is 23.9 Å². The summed E-state index contributed by atoms with van der Waals surface area (Å²) in [6.07, 6.45) is 0. The molecule has 2 aromatic rings. The summed E-state index contributed by atoms with van der Waals surface area (Å²) in [5.74, 6) is 1.18. The van der Waals surface area contributed by atoms with Crippen molar-refractivity contribution in [1.29, 1.82) is 0 Å². The number of H-pyrrole nitrogens is 1. The monoisotopic (exact) mass is 220 g/mol. The zero-order valence-electron chi connectivity index (χ0n) is 9.02. The SMILES string of the molecule is COc1nc(Oc2cc(C)[nH]n2)ccc1N. The smallest absolute Gasteiger partial charge is 0.240 e. The standard InChI is InChI=1S/C10H12N4O2/c1-6-5-9(14-13-6)16-8-4-3-7(11)10(12-8)15-2/h3-5H,11H2,1-2H3,(H,13,14). The largest absolute Gasteiger partial charge is 0.479 e. The van der Waals surface area contributed by atoms with E-state index in [4.69, 9.17) is 15.2 Å². The zero-order chi connectivity index (χ0) is 11.5. The molecular weight excluding hydrogens is 208 g/mol. The predicted molar refractivity (Wildman–Crippen MR) is 58.6 cm³/mol. The van der Waals surface area contributed by atoms with Crippen LogP contribution in [-0.2, 0) is 0 Å². The van der Waals surface area contributed by atoms with Gasteiger partial charge in [-0.25, -0.2) is 0 Å². The van der Waals surface area contributed by atoms with E-state index < -0.39 is 0 Å². The van der Waals surface area contributed by atoms with Crippen molar-refractivity contribution in [3.8, 4) is 17.6 Å². The lowest BCUT2D eigenvalue weighted by atomic mass is 10.4. The van der Waals surface area contributed by atoms with Gasteiger partial charge in [0.25, 0.3) is 0 Å². The highest BCUT2D eigenvalue weighted by atomic mass is 16.5. The number of ether oxygens (including phenoxy) is 2. The van der Waals surface area contributed by atoms with Crippen LogP contribution in [0.5, 0.6) is 17.6 Å². The number of aromatic nitrogens is 3. The highest BCUT2D eigenvalue weighted by molar-refractivity contribution is 5.49. The fraction of sp³-hybridized carbons (Fsp3) is 0.200. The van der Waals surface area contributed by atoms with Gasteiger partial charge >= 0.3 is 0 Å². The van der Waals surface area contributed by atoms with Crippen molar-refractivity contribution >= 4 is 5.69 Å². The number of rotatable bonds is 3. The molecule has 2 rings (SSSR count). The second-order valence-corrected chi connectivity index (χ2v) is 3.24. The third-order valence-electron chi connectivity index (χ3n) is 1.95. The van der Waals surface area contributed by atoms with Gasteiger partial charge in [-0.2, -0.15) is 4.98 Å². The minimum Gasteiger partial charge on any atom is -0.479 e. The lowest BCUT2D eigenvalue weighted by molar-refractivity contribution is 0.382. The molecule has 2 heterocycles. The van der Waals surface area contributed by atoms with E-state index in [0.717, 1.165) is 5.69 Å². The van der Waals surface area contributed by atoms with Gasteiger partial charge in [-0.1, -0.05) is 0 Å². The van der Waals surface area contributed by atoms with E-state index in [0.29, 0.717) is 23.3 Å². The molecule has 6 nitrogen and oxygen atoms in total. The molecule has 16 heavy (non-hydrogen) atoms. The van der Waals surface area contributed by atoms with E-state index in [1.807, 2.05) is 6.92 Å². The Kier molecular flexibility index (Phi) is 2.63. The van der Waals surface area contributed by atoms with Gasteiger partial charge in [0.15, 0.2) is 0 Å². The van der Waals surface area contributed by atoms with E-state index >= 15 is 0 Å². The molecule has 0 aliphatic carbocycles. The summed E-state index contributed by atoms with van der Waals surface area (Å²) < 4.78 is 10.4. The van der Waals surface area contributed by atoms with Crippen molar-refractivity contribution < 1.29 is 9.47 Å². The molecule has 3 N–H and O–H groups in total. The number of aryl methyl sites for hydroxylation is 1. The predicted octanol–water partition coefficient (Wildman–Crippen LogP) is 1.50. The van der Waals surface area contributed by atoms with E-state index in [-0.39, 0.29) is 0 Å². The normalized spacial score (nSPS) is 10.1. The first-order valence-corrected chi connectivity index (χ1v) is 4.69. The molecule has 0 atom stereocenters. The van der Waals surface area contributed by atoms with Crippen molar-refractivity contribution in [2.75, 3.05) is 12.8 Å². The first-order valence-electron chi connectivity index (χ1n) is 4.69. The quantitative estimate of drug-likeness (QED) is 0.818. The molecule has 0 saturated carbocycles. The molecule has 0 aromatic carbocycles. The van der Waals surface area contributed by atoms with Crippen LogP contribution in [0.1, 0.15) is 5.69 Å². The van der Waals surface area contributed by atoms with Crippen LogP contribution in [-0.4, -0.2) is 22.3 Å². The number of pyridine rings is 1. The molecule has 0 unspecified atom stereocenters. The van der Waals surface area contributed by atoms with Crippen LogP contribution in [0.2, 0.25) is 0 Å². The number of aromatic amines is 1. The van der Waals surface area contributed by atoms with Gasteiger partial charge in [-0.3, -0.25) is 5.10 Å². The average Bonchev–Trinajstić information content (AvgIpc) is 2.67. The highest BCUT2D eigenvalue weighted by Crippen LogP contribution is 2.24. The maximum Gasteiger partial charge on any atom is 0.240 e. The van der Waals surface area contributed by atoms with Gasteiger partial charge in [-0.15, -0.1) is 5.10 Å². The van der Waals surface area contributed by atoms with E-state index in [2.05, 4.69) is 15.2 Å². The summed E-state index contributed by atoms with van der Waals surface area (Å²) in [6.45, 7) is 1.89. The van der Waals surface area contributed by atoms with Crippen LogP contribution in [0.3, 0.4) is 0 Å². The van der Waals surface area contributed by atoms with Gasteiger partial charge in [-0.05, 0) is 13.0 Å². The first-order chi connectivity index (χ1) is 7.69. The van der Waals surface area contributed by atoms with Gasteiger partial charge < -0.3 is 15.2 Å². The van der Waals surface area contributed by atoms with E-state index in [1.54, 1.807) is 18.2 Å². The Bertz CT molecular complexity index is 495. The average molecular weight is 220 g/mol. The Balaban J connectivity index is 2.21. The Morgan fingerprint density at radius 2 is 2.12 bits per heavy atom.